The SMILES string of the molecule is CCCOc1c(Br)cc(C(=O)N2CCC(C(=O)NCc3cccnc3)CC2)cc1OC. The number of rotatable bonds is 8. The minimum Gasteiger partial charge on any atom is -0.493 e. The highest BCUT2D eigenvalue weighted by Crippen LogP contribution is 2.37. The molecular weight excluding hydrogens is 462 g/mol. The van der Waals surface area contributed by atoms with Crippen LogP contribution in [-0.4, -0.2) is 48.5 Å². The Bertz CT molecular complexity index is 899. The molecule has 2 amide bonds. The van der Waals surface area contributed by atoms with Crippen LogP contribution in [0.1, 0.15) is 42.1 Å². The van der Waals surface area contributed by atoms with Gasteiger partial charge in [-0.25, -0.2) is 0 Å². The van der Waals surface area contributed by atoms with Gasteiger partial charge in [0.15, 0.2) is 11.5 Å². The first-order valence-corrected chi connectivity index (χ1v) is 11.3. The highest BCUT2D eigenvalue weighted by Gasteiger charge is 2.28. The van der Waals surface area contributed by atoms with Gasteiger partial charge in [-0.1, -0.05) is 13.0 Å². The smallest absolute Gasteiger partial charge is 0.254 e. The number of benzene rings is 1. The Balaban J connectivity index is 1.57. The first-order chi connectivity index (χ1) is 15.0. The molecule has 1 aromatic heterocycles. The highest BCUT2D eigenvalue weighted by atomic mass is 79.9. The van der Waals surface area contributed by atoms with Gasteiger partial charge < -0.3 is 19.7 Å². The fourth-order valence-corrected chi connectivity index (χ4v) is 4.11. The molecule has 0 aliphatic carbocycles. The summed E-state index contributed by atoms with van der Waals surface area (Å²) in [6.45, 7) is 4.14. The van der Waals surface area contributed by atoms with Crippen LogP contribution >= 0.6 is 15.9 Å². The summed E-state index contributed by atoms with van der Waals surface area (Å²) in [6.07, 6.45) is 5.60. The molecule has 1 aliphatic heterocycles. The van der Waals surface area contributed by atoms with E-state index in [1.54, 1.807) is 36.5 Å². The van der Waals surface area contributed by atoms with Crippen molar-refractivity contribution in [2.45, 2.75) is 32.7 Å². The molecule has 31 heavy (non-hydrogen) atoms. The number of methoxy groups -OCH3 is 1. The van der Waals surface area contributed by atoms with Crippen LogP contribution in [0.5, 0.6) is 11.5 Å². The van der Waals surface area contributed by atoms with E-state index < -0.39 is 0 Å². The molecule has 2 heterocycles. The van der Waals surface area contributed by atoms with Crippen molar-refractivity contribution < 1.29 is 19.1 Å². The lowest BCUT2D eigenvalue weighted by atomic mass is 9.95. The standard InChI is InChI=1S/C23H28BrN3O4/c1-3-11-31-21-19(24)12-18(13-20(21)30-2)23(29)27-9-6-17(7-10-27)22(28)26-15-16-5-4-8-25-14-16/h4-5,8,12-14,17H,3,6-7,9-11,15H2,1-2H3,(H,26,28). The van der Waals surface area contributed by atoms with Crippen molar-refractivity contribution in [2.24, 2.45) is 5.92 Å². The van der Waals surface area contributed by atoms with Crippen molar-refractivity contribution in [3.05, 3.63) is 52.3 Å². The Hall–Kier alpha value is -2.61. The van der Waals surface area contributed by atoms with E-state index in [4.69, 9.17) is 9.47 Å². The normalized spacial score (nSPS) is 14.2. The molecule has 1 aliphatic rings. The van der Waals surface area contributed by atoms with Crippen LogP contribution in [0.15, 0.2) is 41.1 Å². The quantitative estimate of drug-likeness (QED) is 0.609. The van der Waals surface area contributed by atoms with Crippen molar-refractivity contribution in [3.63, 3.8) is 0 Å². The number of hydrogen-bond donors (Lipinski definition) is 1. The zero-order valence-corrected chi connectivity index (χ0v) is 19.5. The lowest BCUT2D eigenvalue weighted by molar-refractivity contribution is -0.126. The third-order valence-corrected chi connectivity index (χ3v) is 5.86. The lowest BCUT2D eigenvalue weighted by Gasteiger charge is -2.31. The molecule has 1 aromatic carbocycles. The average Bonchev–Trinajstić information content (AvgIpc) is 2.81. The number of aromatic nitrogens is 1. The Morgan fingerprint density at radius 3 is 2.71 bits per heavy atom. The van der Waals surface area contributed by atoms with E-state index in [0.29, 0.717) is 60.6 Å². The van der Waals surface area contributed by atoms with E-state index in [1.807, 2.05) is 19.1 Å². The monoisotopic (exact) mass is 489 g/mol. The Kier molecular flexibility index (Phi) is 8.28. The van der Waals surface area contributed by atoms with Gasteiger partial charge in [0.1, 0.15) is 0 Å². The van der Waals surface area contributed by atoms with Crippen molar-refractivity contribution >= 4 is 27.7 Å². The van der Waals surface area contributed by atoms with Crippen LogP contribution < -0.4 is 14.8 Å². The number of nitrogens with one attached hydrogen (secondary N) is 1. The fraction of sp³-hybridized carbons (Fsp3) is 0.435. The molecule has 8 heteroatoms. The van der Waals surface area contributed by atoms with E-state index >= 15 is 0 Å². The molecule has 0 atom stereocenters. The second kappa shape index (κ2) is 11.1. The molecule has 0 bridgehead atoms. The molecule has 1 saturated heterocycles. The van der Waals surface area contributed by atoms with Crippen LogP contribution in [0.2, 0.25) is 0 Å². The number of pyridine rings is 1. The van der Waals surface area contributed by atoms with E-state index in [2.05, 4.69) is 26.2 Å². The molecular formula is C23H28BrN3O4. The lowest BCUT2D eigenvalue weighted by Crippen LogP contribution is -2.43. The minimum absolute atomic E-state index is 0.0257. The number of likely N-dealkylation sites (tertiary alicyclic amines) is 1. The van der Waals surface area contributed by atoms with Gasteiger partial charge in [0.2, 0.25) is 5.91 Å². The number of carbonyl (C=O) groups is 2. The summed E-state index contributed by atoms with van der Waals surface area (Å²) in [7, 11) is 1.56. The number of ether oxygens (including phenoxy) is 2. The van der Waals surface area contributed by atoms with Gasteiger partial charge in [-0.05, 0) is 59.0 Å². The van der Waals surface area contributed by atoms with Crippen LogP contribution in [0.3, 0.4) is 0 Å². The summed E-state index contributed by atoms with van der Waals surface area (Å²) >= 11 is 3.49. The van der Waals surface area contributed by atoms with E-state index in [-0.39, 0.29) is 17.7 Å². The number of carbonyl (C=O) groups excluding carboxylic acids is 2. The molecule has 166 valence electrons. The molecule has 1 N–H and O–H groups in total. The number of halogens is 1. The van der Waals surface area contributed by atoms with Gasteiger partial charge in [-0.2, -0.15) is 0 Å². The molecule has 0 radical (unpaired) electrons. The first-order valence-electron chi connectivity index (χ1n) is 10.5. The summed E-state index contributed by atoms with van der Waals surface area (Å²) in [6, 6.07) is 7.26. The van der Waals surface area contributed by atoms with Gasteiger partial charge in [0, 0.05) is 43.5 Å². The number of hydrogen-bond acceptors (Lipinski definition) is 5. The number of amides is 2. The van der Waals surface area contributed by atoms with Crippen molar-refractivity contribution in [1.29, 1.82) is 0 Å². The third-order valence-electron chi connectivity index (χ3n) is 5.27. The fourth-order valence-electron chi connectivity index (χ4n) is 3.55. The minimum atomic E-state index is -0.0909. The van der Waals surface area contributed by atoms with Gasteiger partial charge in [-0.3, -0.25) is 14.6 Å². The van der Waals surface area contributed by atoms with Crippen molar-refractivity contribution in [2.75, 3.05) is 26.8 Å². The maximum atomic E-state index is 13.0. The third kappa shape index (κ3) is 5.97. The maximum Gasteiger partial charge on any atom is 0.254 e. The molecule has 7 nitrogen and oxygen atoms in total. The van der Waals surface area contributed by atoms with Crippen LogP contribution in [-0.2, 0) is 11.3 Å². The van der Waals surface area contributed by atoms with Crippen LogP contribution in [0.25, 0.3) is 0 Å². The Labute approximate surface area is 191 Å². The largest absolute Gasteiger partial charge is 0.493 e. The van der Waals surface area contributed by atoms with Gasteiger partial charge >= 0.3 is 0 Å². The van der Waals surface area contributed by atoms with E-state index in [0.717, 1.165) is 12.0 Å². The summed E-state index contributed by atoms with van der Waals surface area (Å²) in [5.41, 5.74) is 1.50. The molecule has 0 spiro atoms. The Morgan fingerprint density at radius 2 is 2.06 bits per heavy atom. The second-order valence-electron chi connectivity index (χ2n) is 7.48. The first kappa shape index (κ1) is 23.1. The average molecular weight is 490 g/mol. The van der Waals surface area contributed by atoms with Gasteiger partial charge in [0.25, 0.3) is 5.91 Å². The predicted molar refractivity (Wildman–Crippen MR) is 121 cm³/mol. The van der Waals surface area contributed by atoms with Crippen LogP contribution in [0.4, 0.5) is 0 Å². The number of piperidine rings is 1. The molecule has 0 saturated carbocycles. The van der Waals surface area contributed by atoms with Crippen molar-refractivity contribution in [3.8, 4) is 11.5 Å². The summed E-state index contributed by atoms with van der Waals surface area (Å²) in [5.74, 6) is 0.987. The zero-order chi connectivity index (χ0) is 22.2. The highest BCUT2D eigenvalue weighted by molar-refractivity contribution is 9.10. The summed E-state index contributed by atoms with van der Waals surface area (Å²) in [5, 5.41) is 2.97. The maximum absolute atomic E-state index is 13.0. The Morgan fingerprint density at radius 1 is 1.29 bits per heavy atom. The molecule has 0 unspecified atom stereocenters. The van der Waals surface area contributed by atoms with Crippen molar-refractivity contribution in [1.82, 2.24) is 15.2 Å². The predicted octanol–water partition coefficient (Wildman–Crippen LogP) is 3.81. The molecule has 2 aromatic rings. The summed E-state index contributed by atoms with van der Waals surface area (Å²) < 4.78 is 11.9. The molecule has 1 fully saturated rings. The number of nitrogens with zero attached hydrogens (tertiary/aromatic N) is 2. The van der Waals surface area contributed by atoms with Gasteiger partial charge in [0.05, 0.1) is 18.2 Å². The summed E-state index contributed by atoms with van der Waals surface area (Å²) in [4.78, 5) is 31.4. The molecule has 3 rings (SSSR count). The van der Waals surface area contributed by atoms with Crippen LogP contribution in [0, 0.1) is 5.92 Å². The zero-order valence-electron chi connectivity index (χ0n) is 17.9. The van der Waals surface area contributed by atoms with Gasteiger partial charge in [-0.15, -0.1) is 0 Å². The van der Waals surface area contributed by atoms with E-state index in [9.17, 15) is 9.59 Å². The topological polar surface area (TPSA) is 80.8 Å². The second-order valence-corrected chi connectivity index (χ2v) is 8.34. The van der Waals surface area contributed by atoms with E-state index in [1.165, 1.54) is 0 Å².